The fraction of sp³-hybridized carbons (Fsp3) is 0.0370. The highest BCUT2D eigenvalue weighted by atomic mass is 15.0. The Morgan fingerprint density at radius 1 is 0.567 bits per heavy atom. The molecule has 4 rings (SSSR count). The van der Waals surface area contributed by atoms with E-state index in [1.165, 1.54) is 5.56 Å². The van der Waals surface area contributed by atoms with Gasteiger partial charge in [0.15, 0.2) is 5.84 Å². The molecule has 3 nitrogen and oxygen atoms in total. The van der Waals surface area contributed by atoms with Crippen molar-refractivity contribution in [1.82, 2.24) is 0 Å². The van der Waals surface area contributed by atoms with Crippen LogP contribution in [0.4, 0.5) is 0 Å². The molecule has 4 aromatic rings. The summed E-state index contributed by atoms with van der Waals surface area (Å²) in [5.74, 6) is 1.08. The Hall–Kier alpha value is -3.98. The average Bonchev–Trinajstić information content (AvgIpc) is 2.83. The summed E-state index contributed by atoms with van der Waals surface area (Å²) in [7, 11) is 0. The first-order valence-corrected chi connectivity index (χ1v) is 9.93. The Morgan fingerprint density at radius 2 is 1.10 bits per heavy atom. The molecule has 2 N–H and O–H groups in total. The molecule has 30 heavy (non-hydrogen) atoms. The third kappa shape index (κ3) is 4.89. The lowest BCUT2D eigenvalue weighted by atomic mass is 10.0. The van der Waals surface area contributed by atoms with Gasteiger partial charge in [0.25, 0.3) is 0 Å². The van der Waals surface area contributed by atoms with Crippen molar-refractivity contribution < 1.29 is 0 Å². The highest BCUT2D eigenvalue weighted by Gasteiger charge is 2.06. The number of nitrogens with two attached hydrogens (primary N) is 1. The molecule has 0 aliphatic heterocycles. The van der Waals surface area contributed by atoms with Gasteiger partial charge in [0, 0.05) is 11.1 Å². The average molecular weight is 390 g/mol. The van der Waals surface area contributed by atoms with Crippen molar-refractivity contribution in [2.24, 2.45) is 15.7 Å². The molecule has 0 atom stereocenters. The van der Waals surface area contributed by atoms with E-state index in [9.17, 15) is 0 Å². The summed E-state index contributed by atoms with van der Waals surface area (Å²) in [5.41, 5.74) is 11.6. The maximum Gasteiger partial charge on any atom is 0.157 e. The zero-order valence-electron chi connectivity index (χ0n) is 16.6. The maximum atomic E-state index is 6.36. The van der Waals surface area contributed by atoms with E-state index < -0.39 is 0 Å². The maximum absolute atomic E-state index is 6.36. The minimum atomic E-state index is 0.449. The van der Waals surface area contributed by atoms with Gasteiger partial charge in [-0.3, -0.25) is 4.99 Å². The SMILES string of the molecule is NC(=NC(=NCc1ccccc1)c1ccccc1)c1ccc(-c2ccccc2)cc1. The van der Waals surface area contributed by atoms with Crippen LogP contribution in [-0.2, 0) is 6.54 Å². The van der Waals surface area contributed by atoms with Crippen LogP contribution in [0.15, 0.2) is 125 Å². The standard InChI is InChI=1S/C27H23N3/c28-26(24-18-16-23(17-19-24)22-12-6-2-7-13-22)30-27(25-14-8-3-9-15-25)29-20-21-10-4-1-5-11-21/h1-19H,20H2,(H2,28,29,30). The van der Waals surface area contributed by atoms with Crippen molar-refractivity contribution in [3.8, 4) is 11.1 Å². The summed E-state index contributed by atoms with van der Waals surface area (Å²) in [4.78, 5) is 9.42. The highest BCUT2D eigenvalue weighted by molar-refractivity contribution is 6.11. The molecule has 146 valence electrons. The first-order valence-electron chi connectivity index (χ1n) is 9.93. The molecule has 0 aliphatic carbocycles. The van der Waals surface area contributed by atoms with Gasteiger partial charge >= 0.3 is 0 Å². The van der Waals surface area contributed by atoms with Gasteiger partial charge in [-0.2, -0.15) is 0 Å². The molecular formula is C27H23N3. The largest absolute Gasteiger partial charge is 0.383 e. The Labute approximate surface area is 177 Å². The van der Waals surface area contributed by atoms with Crippen LogP contribution in [0.3, 0.4) is 0 Å². The number of nitrogens with zero attached hydrogens (tertiary/aromatic N) is 2. The fourth-order valence-corrected chi connectivity index (χ4v) is 3.17. The zero-order chi connectivity index (χ0) is 20.6. The molecule has 0 saturated carbocycles. The minimum Gasteiger partial charge on any atom is -0.383 e. The van der Waals surface area contributed by atoms with Crippen molar-refractivity contribution in [3.05, 3.63) is 132 Å². The second-order valence-electron chi connectivity index (χ2n) is 6.93. The van der Waals surface area contributed by atoms with Gasteiger partial charge in [-0.1, -0.05) is 115 Å². The van der Waals surface area contributed by atoms with Crippen LogP contribution in [0.25, 0.3) is 11.1 Å². The normalized spacial score (nSPS) is 12.0. The number of aliphatic imine (C=N–C) groups is 2. The van der Waals surface area contributed by atoms with E-state index in [-0.39, 0.29) is 0 Å². The summed E-state index contributed by atoms with van der Waals surface area (Å²) in [6.07, 6.45) is 0. The molecular weight excluding hydrogens is 366 g/mol. The van der Waals surface area contributed by atoms with Gasteiger partial charge in [-0.25, -0.2) is 4.99 Å². The lowest BCUT2D eigenvalue weighted by molar-refractivity contribution is 1.06. The van der Waals surface area contributed by atoms with Crippen LogP contribution in [0, 0.1) is 0 Å². The number of benzene rings is 4. The van der Waals surface area contributed by atoms with Gasteiger partial charge < -0.3 is 5.73 Å². The topological polar surface area (TPSA) is 50.7 Å². The van der Waals surface area contributed by atoms with Gasteiger partial charge in [-0.05, 0) is 16.7 Å². The molecule has 0 bridgehead atoms. The zero-order valence-corrected chi connectivity index (χ0v) is 16.6. The van der Waals surface area contributed by atoms with Crippen LogP contribution in [0.5, 0.6) is 0 Å². The molecule has 0 spiro atoms. The number of rotatable bonds is 5. The van der Waals surface area contributed by atoms with E-state index in [2.05, 4.69) is 41.4 Å². The van der Waals surface area contributed by atoms with Gasteiger partial charge in [0.2, 0.25) is 0 Å². The van der Waals surface area contributed by atoms with Crippen molar-refractivity contribution in [2.45, 2.75) is 6.54 Å². The van der Waals surface area contributed by atoms with E-state index in [0.717, 1.165) is 22.3 Å². The molecule has 0 aromatic heterocycles. The monoisotopic (exact) mass is 389 g/mol. The third-order valence-corrected chi connectivity index (χ3v) is 4.80. The first-order chi connectivity index (χ1) is 14.8. The summed E-state index contributed by atoms with van der Waals surface area (Å²) in [5, 5.41) is 0. The second kappa shape index (κ2) is 9.48. The predicted octanol–water partition coefficient (Wildman–Crippen LogP) is 5.71. The molecule has 0 unspecified atom stereocenters. The summed E-state index contributed by atoms with van der Waals surface area (Å²) < 4.78 is 0. The van der Waals surface area contributed by atoms with E-state index in [0.29, 0.717) is 18.2 Å². The molecule has 0 amide bonds. The number of amidine groups is 2. The van der Waals surface area contributed by atoms with Gasteiger partial charge in [0.1, 0.15) is 5.84 Å². The number of hydrogen-bond donors (Lipinski definition) is 1. The van der Waals surface area contributed by atoms with Crippen molar-refractivity contribution in [2.75, 3.05) is 0 Å². The Bertz CT molecular complexity index is 1130. The second-order valence-corrected chi connectivity index (χ2v) is 6.93. The van der Waals surface area contributed by atoms with E-state index in [1.807, 2.05) is 78.9 Å². The van der Waals surface area contributed by atoms with Crippen LogP contribution in [0.2, 0.25) is 0 Å². The molecule has 0 radical (unpaired) electrons. The molecule has 0 aliphatic rings. The van der Waals surface area contributed by atoms with Crippen molar-refractivity contribution >= 4 is 11.7 Å². The smallest absolute Gasteiger partial charge is 0.157 e. The Balaban J connectivity index is 1.62. The van der Waals surface area contributed by atoms with Crippen molar-refractivity contribution in [3.63, 3.8) is 0 Å². The molecule has 3 heteroatoms. The first kappa shape index (κ1) is 19.3. The van der Waals surface area contributed by atoms with Crippen LogP contribution in [0.1, 0.15) is 16.7 Å². The summed E-state index contributed by atoms with van der Waals surface area (Å²) >= 11 is 0. The lowest BCUT2D eigenvalue weighted by Gasteiger charge is -2.07. The predicted molar refractivity (Wildman–Crippen MR) is 126 cm³/mol. The third-order valence-electron chi connectivity index (χ3n) is 4.80. The Kier molecular flexibility index (Phi) is 6.11. The molecule has 0 saturated heterocycles. The van der Waals surface area contributed by atoms with Crippen LogP contribution >= 0.6 is 0 Å². The quantitative estimate of drug-likeness (QED) is 0.345. The van der Waals surface area contributed by atoms with Crippen LogP contribution in [-0.4, -0.2) is 11.7 Å². The fourth-order valence-electron chi connectivity index (χ4n) is 3.17. The number of hydrogen-bond acceptors (Lipinski definition) is 1. The molecule has 0 fully saturated rings. The lowest BCUT2D eigenvalue weighted by Crippen LogP contribution is -2.16. The van der Waals surface area contributed by atoms with Gasteiger partial charge in [-0.15, -0.1) is 0 Å². The van der Waals surface area contributed by atoms with Gasteiger partial charge in [0.05, 0.1) is 6.54 Å². The summed E-state index contributed by atoms with van der Waals surface area (Å²) in [6, 6.07) is 38.5. The minimum absolute atomic E-state index is 0.449. The highest BCUT2D eigenvalue weighted by Crippen LogP contribution is 2.19. The molecule has 0 heterocycles. The summed E-state index contributed by atoms with van der Waals surface area (Å²) in [6.45, 7) is 0.550. The van der Waals surface area contributed by atoms with E-state index in [1.54, 1.807) is 0 Å². The van der Waals surface area contributed by atoms with Crippen molar-refractivity contribution in [1.29, 1.82) is 0 Å². The van der Waals surface area contributed by atoms with E-state index in [4.69, 9.17) is 10.7 Å². The molecule has 4 aromatic carbocycles. The Morgan fingerprint density at radius 3 is 1.73 bits per heavy atom. The van der Waals surface area contributed by atoms with Crippen LogP contribution < -0.4 is 5.73 Å². The van der Waals surface area contributed by atoms with E-state index >= 15 is 0 Å².